The van der Waals surface area contributed by atoms with Crippen LogP contribution in [0.4, 0.5) is 14.6 Å². The number of halogens is 2. The maximum Gasteiger partial charge on any atom is 0.159 e. The van der Waals surface area contributed by atoms with E-state index in [0.717, 1.165) is 12.1 Å². The van der Waals surface area contributed by atoms with Gasteiger partial charge in [0.2, 0.25) is 0 Å². The van der Waals surface area contributed by atoms with Crippen molar-refractivity contribution in [2.45, 2.75) is 37.7 Å². The van der Waals surface area contributed by atoms with Gasteiger partial charge in [-0.1, -0.05) is 6.07 Å². The van der Waals surface area contributed by atoms with Gasteiger partial charge in [0.05, 0.1) is 18.2 Å². The highest BCUT2D eigenvalue weighted by molar-refractivity contribution is 5.39. The summed E-state index contributed by atoms with van der Waals surface area (Å²) in [5.74, 6) is -1.66. The number of nitrogens with zero attached hydrogens (tertiary/aromatic N) is 3. The molecule has 3 unspecified atom stereocenters. The quantitative estimate of drug-likeness (QED) is 0.758. The Morgan fingerprint density at radius 1 is 1.15 bits per heavy atom. The summed E-state index contributed by atoms with van der Waals surface area (Å²) in [6.07, 6.45) is -1.73. The van der Waals surface area contributed by atoms with Crippen LogP contribution < -0.4 is 4.90 Å². The SMILES string of the molecule is Cc1nccc(N(C)C2CC(C(O)c3ccc(F)c(F)c3)[C@@H](O)[C@H]2O)n1. The van der Waals surface area contributed by atoms with Crippen LogP contribution >= 0.6 is 0 Å². The highest BCUT2D eigenvalue weighted by atomic mass is 19.2. The van der Waals surface area contributed by atoms with Crippen LogP contribution in [-0.2, 0) is 0 Å². The van der Waals surface area contributed by atoms with Gasteiger partial charge in [-0.15, -0.1) is 0 Å². The predicted octanol–water partition coefficient (Wildman–Crippen LogP) is 1.34. The number of benzene rings is 1. The van der Waals surface area contributed by atoms with Crippen LogP contribution in [0.25, 0.3) is 0 Å². The Hall–Kier alpha value is -2.16. The number of aliphatic hydroxyl groups is 3. The number of rotatable bonds is 4. The molecule has 6 nitrogen and oxygen atoms in total. The van der Waals surface area contributed by atoms with E-state index in [1.165, 1.54) is 6.07 Å². The predicted molar refractivity (Wildman–Crippen MR) is 90.4 cm³/mol. The molecule has 3 N–H and O–H groups in total. The van der Waals surface area contributed by atoms with E-state index in [2.05, 4.69) is 9.97 Å². The largest absolute Gasteiger partial charge is 0.390 e. The second-order valence-corrected chi connectivity index (χ2v) is 6.64. The third-order valence-corrected chi connectivity index (χ3v) is 5.01. The highest BCUT2D eigenvalue weighted by Crippen LogP contribution is 2.39. The molecule has 8 heteroatoms. The summed E-state index contributed by atoms with van der Waals surface area (Å²) in [7, 11) is 1.73. The number of anilines is 1. The second kappa shape index (κ2) is 7.22. The van der Waals surface area contributed by atoms with Crippen molar-refractivity contribution in [1.29, 1.82) is 0 Å². The van der Waals surface area contributed by atoms with E-state index < -0.39 is 41.9 Å². The molecule has 140 valence electrons. The second-order valence-electron chi connectivity index (χ2n) is 6.64. The summed E-state index contributed by atoms with van der Waals surface area (Å²) in [6.45, 7) is 1.74. The Morgan fingerprint density at radius 3 is 2.54 bits per heavy atom. The molecule has 1 aliphatic rings. The van der Waals surface area contributed by atoms with Crippen LogP contribution in [0.5, 0.6) is 0 Å². The number of aliphatic hydroxyl groups excluding tert-OH is 3. The fraction of sp³-hybridized carbons (Fsp3) is 0.444. The monoisotopic (exact) mass is 365 g/mol. The molecule has 26 heavy (non-hydrogen) atoms. The molecule has 0 amide bonds. The summed E-state index contributed by atoms with van der Waals surface area (Å²) in [6, 6.07) is 4.30. The van der Waals surface area contributed by atoms with Gasteiger partial charge in [-0.3, -0.25) is 0 Å². The summed E-state index contributed by atoms with van der Waals surface area (Å²) in [5, 5.41) is 31.4. The summed E-state index contributed by atoms with van der Waals surface area (Å²) < 4.78 is 26.5. The van der Waals surface area contributed by atoms with Crippen LogP contribution in [0, 0.1) is 24.5 Å². The molecule has 1 saturated carbocycles. The first-order chi connectivity index (χ1) is 12.3. The van der Waals surface area contributed by atoms with Crippen LogP contribution in [0.1, 0.15) is 23.9 Å². The highest BCUT2D eigenvalue weighted by Gasteiger charge is 2.46. The van der Waals surface area contributed by atoms with Gasteiger partial charge in [0.1, 0.15) is 17.7 Å². The standard InChI is InChI=1S/C18H21F2N3O3/c1-9-21-6-5-15(22-9)23(2)14-8-11(17(25)18(14)26)16(24)10-3-4-12(19)13(20)7-10/h3-7,11,14,16-18,24-26H,8H2,1-2H3/t11?,14?,16?,17-,18+/m1/s1. The molecule has 1 aromatic heterocycles. The average molecular weight is 365 g/mol. The minimum absolute atomic E-state index is 0.154. The van der Waals surface area contributed by atoms with Crippen molar-refractivity contribution in [2.24, 2.45) is 5.92 Å². The van der Waals surface area contributed by atoms with Crippen molar-refractivity contribution in [3.05, 3.63) is 53.5 Å². The topological polar surface area (TPSA) is 89.7 Å². The Bertz CT molecular complexity index is 792. The molecule has 1 heterocycles. The van der Waals surface area contributed by atoms with Gasteiger partial charge < -0.3 is 20.2 Å². The maximum absolute atomic E-state index is 13.4. The smallest absolute Gasteiger partial charge is 0.159 e. The molecule has 5 atom stereocenters. The van der Waals surface area contributed by atoms with Gasteiger partial charge in [-0.05, 0) is 37.1 Å². The molecule has 0 spiro atoms. The number of likely N-dealkylation sites (N-methyl/N-ethyl adjacent to an activating group) is 1. The van der Waals surface area contributed by atoms with Crippen molar-refractivity contribution >= 4 is 5.82 Å². The molecule has 2 aromatic rings. The molecule has 3 rings (SSSR count). The van der Waals surface area contributed by atoms with Crippen LogP contribution in [0.3, 0.4) is 0 Å². The van der Waals surface area contributed by atoms with Gasteiger partial charge in [0.15, 0.2) is 11.6 Å². The van der Waals surface area contributed by atoms with Gasteiger partial charge in [-0.25, -0.2) is 18.7 Å². The molecular weight excluding hydrogens is 344 g/mol. The minimum atomic E-state index is -1.24. The molecule has 1 aromatic carbocycles. The molecular formula is C18H21F2N3O3. The number of hydrogen-bond donors (Lipinski definition) is 3. The zero-order valence-electron chi connectivity index (χ0n) is 14.4. The lowest BCUT2D eigenvalue weighted by atomic mass is 9.92. The van der Waals surface area contributed by atoms with Gasteiger partial charge in [-0.2, -0.15) is 0 Å². The van der Waals surface area contributed by atoms with Crippen molar-refractivity contribution in [1.82, 2.24) is 9.97 Å². The fourth-order valence-corrected chi connectivity index (χ4v) is 3.50. The third kappa shape index (κ3) is 3.40. The normalized spacial score (nSPS) is 26.7. The zero-order valence-corrected chi connectivity index (χ0v) is 14.4. The lowest BCUT2D eigenvalue weighted by molar-refractivity contribution is -0.0232. The zero-order chi connectivity index (χ0) is 19.0. The Morgan fingerprint density at radius 2 is 1.88 bits per heavy atom. The van der Waals surface area contributed by atoms with Crippen LogP contribution in [0.2, 0.25) is 0 Å². The van der Waals surface area contributed by atoms with E-state index in [4.69, 9.17) is 0 Å². The van der Waals surface area contributed by atoms with Gasteiger partial charge >= 0.3 is 0 Å². The van der Waals surface area contributed by atoms with E-state index in [9.17, 15) is 24.1 Å². The first-order valence-electron chi connectivity index (χ1n) is 8.31. The number of aryl methyl sites for hydroxylation is 1. The van der Waals surface area contributed by atoms with E-state index in [1.807, 2.05) is 0 Å². The van der Waals surface area contributed by atoms with E-state index in [-0.39, 0.29) is 12.0 Å². The molecule has 1 aliphatic carbocycles. The Kier molecular flexibility index (Phi) is 5.17. The third-order valence-electron chi connectivity index (χ3n) is 5.01. The Balaban J connectivity index is 1.81. The Labute approximate surface area is 149 Å². The molecule has 0 bridgehead atoms. The summed E-state index contributed by atoms with van der Waals surface area (Å²) >= 11 is 0. The van der Waals surface area contributed by atoms with Crippen molar-refractivity contribution < 1.29 is 24.1 Å². The molecule has 0 aliphatic heterocycles. The van der Waals surface area contributed by atoms with Crippen molar-refractivity contribution in [2.75, 3.05) is 11.9 Å². The molecule has 0 saturated heterocycles. The minimum Gasteiger partial charge on any atom is -0.390 e. The summed E-state index contributed by atoms with van der Waals surface area (Å²) in [5.41, 5.74) is 0.154. The number of aromatic nitrogens is 2. The lowest BCUT2D eigenvalue weighted by Gasteiger charge is -2.28. The first kappa shape index (κ1) is 18.6. The average Bonchev–Trinajstić information content (AvgIpc) is 2.91. The van der Waals surface area contributed by atoms with E-state index >= 15 is 0 Å². The van der Waals surface area contributed by atoms with E-state index in [0.29, 0.717) is 11.6 Å². The lowest BCUT2D eigenvalue weighted by Crippen LogP contribution is -2.42. The molecule has 0 radical (unpaired) electrons. The van der Waals surface area contributed by atoms with Crippen molar-refractivity contribution in [3.63, 3.8) is 0 Å². The van der Waals surface area contributed by atoms with Crippen LogP contribution in [-0.4, -0.2) is 50.6 Å². The van der Waals surface area contributed by atoms with Crippen molar-refractivity contribution in [3.8, 4) is 0 Å². The van der Waals surface area contributed by atoms with E-state index in [1.54, 1.807) is 31.1 Å². The fourth-order valence-electron chi connectivity index (χ4n) is 3.50. The first-order valence-corrected chi connectivity index (χ1v) is 8.31. The number of hydrogen-bond acceptors (Lipinski definition) is 6. The van der Waals surface area contributed by atoms with Gasteiger partial charge in [0, 0.05) is 19.2 Å². The molecule has 1 fully saturated rings. The van der Waals surface area contributed by atoms with Gasteiger partial charge in [0.25, 0.3) is 0 Å². The van der Waals surface area contributed by atoms with Crippen LogP contribution in [0.15, 0.2) is 30.5 Å². The summed E-state index contributed by atoms with van der Waals surface area (Å²) in [4.78, 5) is 10.0. The maximum atomic E-state index is 13.4.